The molecule has 0 N–H and O–H groups in total. The van der Waals surface area contributed by atoms with E-state index in [1.165, 1.54) is 33.9 Å². The van der Waals surface area contributed by atoms with Crippen molar-refractivity contribution in [2.24, 2.45) is 5.10 Å². The summed E-state index contributed by atoms with van der Waals surface area (Å²) in [6, 6.07) is 0. The number of hydrogen-bond acceptors (Lipinski definition) is 3. The summed E-state index contributed by atoms with van der Waals surface area (Å²) < 4.78 is 0. The van der Waals surface area contributed by atoms with Crippen molar-refractivity contribution in [1.82, 2.24) is 5.01 Å². The Balaban J connectivity index is 2.27. The maximum atomic E-state index is 12.5. The molecule has 1 aromatic heterocycles. The average Bonchev–Trinajstić information content (AvgIpc) is 2.75. The van der Waals surface area contributed by atoms with Crippen LogP contribution in [0.4, 0.5) is 0 Å². The van der Waals surface area contributed by atoms with E-state index < -0.39 is 0 Å². The van der Waals surface area contributed by atoms with E-state index in [-0.39, 0.29) is 5.91 Å². The maximum absolute atomic E-state index is 12.5. The van der Waals surface area contributed by atoms with Crippen molar-refractivity contribution in [3.05, 3.63) is 20.9 Å². The fourth-order valence-corrected chi connectivity index (χ4v) is 3.81. The summed E-state index contributed by atoms with van der Waals surface area (Å²) in [5, 5.41) is 5.82. The van der Waals surface area contributed by atoms with Gasteiger partial charge in [0.15, 0.2) is 0 Å². The molecular formula is C15H22N2OS. The molecule has 0 saturated heterocycles. The number of nitrogens with zero attached hydrogens (tertiary/aromatic N) is 2. The Kier molecular flexibility index (Phi) is 4.40. The molecule has 0 saturated carbocycles. The van der Waals surface area contributed by atoms with Crippen LogP contribution in [0.3, 0.4) is 0 Å². The largest absolute Gasteiger partial charge is 0.284 e. The molecule has 4 heteroatoms. The Hall–Kier alpha value is -1.16. The van der Waals surface area contributed by atoms with E-state index in [0.29, 0.717) is 0 Å². The highest BCUT2D eigenvalue weighted by atomic mass is 32.1. The molecule has 0 bridgehead atoms. The number of amides is 1. The van der Waals surface area contributed by atoms with Crippen LogP contribution in [-0.4, -0.2) is 23.7 Å². The Labute approximate surface area is 119 Å². The minimum atomic E-state index is 0.0321. The van der Waals surface area contributed by atoms with Gasteiger partial charge in [0.2, 0.25) is 0 Å². The van der Waals surface area contributed by atoms with Gasteiger partial charge >= 0.3 is 0 Å². The minimum Gasteiger partial charge on any atom is -0.266 e. The van der Waals surface area contributed by atoms with Crippen molar-refractivity contribution in [1.29, 1.82) is 0 Å². The molecule has 0 radical (unpaired) electrons. The molecule has 0 unspecified atom stereocenters. The molecule has 1 amide bonds. The van der Waals surface area contributed by atoms with Crippen molar-refractivity contribution >= 4 is 23.0 Å². The van der Waals surface area contributed by atoms with E-state index >= 15 is 0 Å². The fraction of sp³-hybridized carbons (Fsp3) is 0.600. The van der Waals surface area contributed by atoms with Crippen LogP contribution in [0.25, 0.3) is 0 Å². The van der Waals surface area contributed by atoms with Gasteiger partial charge in [0.25, 0.3) is 5.91 Å². The monoisotopic (exact) mass is 278 g/mol. The van der Waals surface area contributed by atoms with Crippen LogP contribution < -0.4 is 0 Å². The van der Waals surface area contributed by atoms with Crippen LogP contribution in [0, 0.1) is 6.92 Å². The summed E-state index contributed by atoms with van der Waals surface area (Å²) in [6.45, 7) is 6.08. The number of hydrogen-bond donors (Lipinski definition) is 0. The summed E-state index contributed by atoms with van der Waals surface area (Å²) in [7, 11) is 1.75. The van der Waals surface area contributed by atoms with Crippen molar-refractivity contribution in [3.8, 4) is 0 Å². The standard InChI is InChI=1S/C15H22N2OS/c1-5-10(2)16-17(4)15(18)14-11(3)12-8-6-7-9-13(12)19-14/h5-9H2,1-4H3. The third kappa shape index (κ3) is 2.89. The van der Waals surface area contributed by atoms with E-state index in [0.717, 1.165) is 29.9 Å². The van der Waals surface area contributed by atoms with Crippen molar-refractivity contribution in [2.45, 2.75) is 52.9 Å². The first kappa shape index (κ1) is 14.3. The lowest BCUT2D eigenvalue weighted by Crippen LogP contribution is -2.22. The maximum Gasteiger partial charge on any atom is 0.284 e. The zero-order chi connectivity index (χ0) is 14.0. The van der Waals surface area contributed by atoms with Crippen LogP contribution in [0.5, 0.6) is 0 Å². The fourth-order valence-electron chi connectivity index (χ4n) is 2.45. The summed E-state index contributed by atoms with van der Waals surface area (Å²) in [5.41, 5.74) is 3.58. The molecular weight excluding hydrogens is 256 g/mol. The molecule has 0 atom stereocenters. The lowest BCUT2D eigenvalue weighted by atomic mass is 9.95. The molecule has 0 aliphatic heterocycles. The summed E-state index contributed by atoms with van der Waals surface area (Å²) in [5.74, 6) is 0.0321. The Bertz CT molecular complexity index is 516. The van der Waals surface area contributed by atoms with E-state index in [2.05, 4.69) is 12.0 Å². The van der Waals surface area contributed by atoms with Gasteiger partial charge in [-0.15, -0.1) is 11.3 Å². The highest BCUT2D eigenvalue weighted by Gasteiger charge is 2.23. The first-order valence-corrected chi connectivity index (χ1v) is 7.79. The second-order valence-corrected chi connectivity index (χ2v) is 6.29. The number of carbonyl (C=O) groups is 1. The molecule has 0 spiro atoms. The third-order valence-corrected chi connectivity index (χ3v) is 5.14. The third-order valence-electron chi connectivity index (χ3n) is 3.76. The zero-order valence-electron chi connectivity index (χ0n) is 12.2. The second-order valence-electron chi connectivity index (χ2n) is 5.18. The van der Waals surface area contributed by atoms with E-state index in [4.69, 9.17) is 0 Å². The van der Waals surface area contributed by atoms with Crippen LogP contribution >= 0.6 is 11.3 Å². The topological polar surface area (TPSA) is 32.7 Å². The Morgan fingerprint density at radius 3 is 2.68 bits per heavy atom. The molecule has 3 nitrogen and oxygen atoms in total. The van der Waals surface area contributed by atoms with Crippen molar-refractivity contribution in [2.75, 3.05) is 7.05 Å². The lowest BCUT2D eigenvalue weighted by Gasteiger charge is -2.12. The quantitative estimate of drug-likeness (QED) is 0.611. The van der Waals surface area contributed by atoms with Gasteiger partial charge in [-0.25, -0.2) is 5.01 Å². The summed E-state index contributed by atoms with van der Waals surface area (Å²) in [6.07, 6.45) is 5.64. The first-order valence-electron chi connectivity index (χ1n) is 6.97. The molecule has 1 heterocycles. The predicted molar refractivity (Wildman–Crippen MR) is 81.2 cm³/mol. The predicted octanol–water partition coefficient (Wildman–Crippen LogP) is 3.79. The summed E-state index contributed by atoms with van der Waals surface area (Å²) >= 11 is 1.67. The van der Waals surface area contributed by atoms with E-state index in [1.54, 1.807) is 18.4 Å². The molecule has 2 rings (SSSR count). The van der Waals surface area contributed by atoms with Crippen molar-refractivity contribution < 1.29 is 4.79 Å². The zero-order valence-corrected chi connectivity index (χ0v) is 13.1. The number of thiophene rings is 1. The van der Waals surface area contributed by atoms with Crippen LogP contribution in [0.1, 0.15) is 58.8 Å². The molecule has 1 aliphatic carbocycles. The van der Waals surface area contributed by atoms with Crippen LogP contribution in [0.2, 0.25) is 0 Å². The van der Waals surface area contributed by atoms with Gasteiger partial charge in [0.05, 0.1) is 4.88 Å². The van der Waals surface area contributed by atoms with Gasteiger partial charge < -0.3 is 0 Å². The van der Waals surface area contributed by atoms with Gasteiger partial charge in [-0.2, -0.15) is 5.10 Å². The van der Waals surface area contributed by atoms with Gasteiger partial charge in [-0.3, -0.25) is 4.79 Å². The SMILES string of the molecule is CCC(C)=NN(C)C(=O)c1sc2c(c1C)CCCC2. The minimum absolute atomic E-state index is 0.0321. The highest BCUT2D eigenvalue weighted by molar-refractivity contribution is 7.14. The smallest absolute Gasteiger partial charge is 0.266 e. The van der Waals surface area contributed by atoms with Crippen molar-refractivity contribution in [3.63, 3.8) is 0 Å². The molecule has 0 aromatic carbocycles. The van der Waals surface area contributed by atoms with Gasteiger partial charge in [-0.05, 0) is 57.1 Å². The normalized spacial score (nSPS) is 15.3. The Morgan fingerprint density at radius 2 is 2.05 bits per heavy atom. The summed E-state index contributed by atoms with van der Waals surface area (Å²) in [4.78, 5) is 14.8. The number of rotatable bonds is 3. The number of aryl methyl sites for hydroxylation is 1. The molecule has 1 aromatic rings. The molecule has 1 aliphatic rings. The number of fused-ring (bicyclic) bond motifs is 1. The van der Waals surface area contributed by atoms with Gasteiger partial charge in [0, 0.05) is 17.6 Å². The van der Waals surface area contributed by atoms with Crippen LogP contribution in [-0.2, 0) is 12.8 Å². The number of carbonyl (C=O) groups excluding carboxylic acids is 1. The van der Waals surface area contributed by atoms with E-state index in [1.807, 2.05) is 13.8 Å². The Morgan fingerprint density at radius 1 is 1.37 bits per heavy atom. The average molecular weight is 278 g/mol. The lowest BCUT2D eigenvalue weighted by molar-refractivity contribution is 0.0803. The van der Waals surface area contributed by atoms with Gasteiger partial charge in [0.1, 0.15) is 0 Å². The van der Waals surface area contributed by atoms with Crippen LogP contribution in [0.15, 0.2) is 5.10 Å². The first-order chi connectivity index (χ1) is 9.04. The highest BCUT2D eigenvalue weighted by Crippen LogP contribution is 2.34. The molecule has 104 valence electrons. The van der Waals surface area contributed by atoms with Gasteiger partial charge in [-0.1, -0.05) is 6.92 Å². The second kappa shape index (κ2) is 5.87. The number of hydrazone groups is 1. The molecule has 0 fully saturated rings. The van der Waals surface area contributed by atoms with E-state index in [9.17, 15) is 4.79 Å². The molecule has 19 heavy (non-hydrogen) atoms.